The molecule has 64 heavy (non-hydrogen) atoms. The maximum atomic E-state index is 6.91. The molecule has 4 fully saturated rings. The van der Waals surface area contributed by atoms with Gasteiger partial charge in [0.1, 0.15) is 17.3 Å². The highest BCUT2D eigenvalue weighted by atomic mass is 16.5. The van der Waals surface area contributed by atoms with Gasteiger partial charge in [0.05, 0.1) is 5.41 Å². The van der Waals surface area contributed by atoms with Gasteiger partial charge in [-0.15, -0.1) is 0 Å². The van der Waals surface area contributed by atoms with Crippen molar-refractivity contribution in [3.63, 3.8) is 0 Å². The monoisotopic (exact) mass is 825 g/mol. The molecule has 4 saturated carbocycles. The fourth-order valence-corrected chi connectivity index (χ4v) is 15.2. The number of aromatic nitrogens is 3. The summed E-state index contributed by atoms with van der Waals surface area (Å²) in [6.45, 7) is 4.71. The first kappa shape index (κ1) is 35.8. The molecule has 3 bridgehead atoms. The first-order valence-corrected chi connectivity index (χ1v) is 23.6. The Morgan fingerprint density at radius 1 is 0.453 bits per heavy atom. The van der Waals surface area contributed by atoms with E-state index in [9.17, 15) is 0 Å². The molecule has 4 heteroatoms. The molecule has 1 aromatic heterocycles. The maximum absolute atomic E-state index is 6.91. The summed E-state index contributed by atoms with van der Waals surface area (Å²) >= 11 is 0. The second-order valence-electron chi connectivity index (χ2n) is 21.0. The molecule has 6 aliphatic carbocycles. The SMILES string of the molecule is CC1(C)c2ccccc2-c2ccc(-c3nc(-c4cccc(-c5ccc6c(c5)Oc5ccccc5C65c6ccccc6-c6ccccc65)c4)nc(C45CC6C[C@@H]7C[C@@H](C4)CC67C5)n3)cc21. The molecule has 8 aromatic rings. The lowest BCUT2D eigenvalue weighted by Gasteiger charge is -2.49. The van der Waals surface area contributed by atoms with E-state index in [1.165, 1.54) is 94.2 Å². The van der Waals surface area contributed by atoms with Crippen molar-refractivity contribution in [2.24, 2.45) is 23.2 Å². The van der Waals surface area contributed by atoms with Crippen molar-refractivity contribution < 1.29 is 4.74 Å². The van der Waals surface area contributed by atoms with Gasteiger partial charge >= 0.3 is 0 Å². The third kappa shape index (κ3) is 4.42. The van der Waals surface area contributed by atoms with Crippen molar-refractivity contribution in [3.05, 3.63) is 197 Å². The van der Waals surface area contributed by atoms with Crippen LogP contribution in [0.3, 0.4) is 0 Å². The smallest absolute Gasteiger partial charge is 0.163 e. The summed E-state index contributed by atoms with van der Waals surface area (Å²) in [6.07, 6.45) is 7.92. The first-order valence-electron chi connectivity index (χ1n) is 23.6. The summed E-state index contributed by atoms with van der Waals surface area (Å²) < 4.78 is 6.91. The van der Waals surface area contributed by atoms with Gasteiger partial charge in [0.2, 0.25) is 0 Å². The largest absolute Gasteiger partial charge is 0.457 e. The van der Waals surface area contributed by atoms with E-state index in [1.54, 1.807) is 0 Å². The molecule has 0 saturated heterocycles. The van der Waals surface area contributed by atoms with Crippen LogP contribution in [0.2, 0.25) is 0 Å². The van der Waals surface area contributed by atoms with Gasteiger partial charge in [-0.3, -0.25) is 0 Å². The van der Waals surface area contributed by atoms with Gasteiger partial charge in [-0.1, -0.05) is 147 Å². The van der Waals surface area contributed by atoms with E-state index < -0.39 is 5.41 Å². The molecule has 4 nitrogen and oxygen atoms in total. The van der Waals surface area contributed by atoms with Crippen LogP contribution in [0.1, 0.15) is 91.6 Å². The van der Waals surface area contributed by atoms with Gasteiger partial charge in [-0.25, -0.2) is 15.0 Å². The lowest BCUT2D eigenvalue weighted by atomic mass is 9.55. The average Bonchev–Trinajstić information content (AvgIpc) is 3.90. The van der Waals surface area contributed by atoms with Gasteiger partial charge in [0.15, 0.2) is 11.6 Å². The Labute approximate surface area is 374 Å². The highest BCUT2D eigenvalue weighted by molar-refractivity contribution is 5.89. The van der Waals surface area contributed by atoms with Crippen LogP contribution in [0.15, 0.2) is 158 Å². The molecule has 3 unspecified atom stereocenters. The normalized spacial score (nSPS) is 25.6. The fraction of sp³-hybridized carbons (Fsp3) is 0.250. The molecule has 7 aromatic carbocycles. The fourth-order valence-electron chi connectivity index (χ4n) is 15.2. The molecule has 7 aliphatic rings. The van der Waals surface area contributed by atoms with Crippen LogP contribution >= 0.6 is 0 Å². The van der Waals surface area contributed by atoms with Crippen molar-refractivity contribution in [2.45, 2.75) is 68.6 Å². The summed E-state index contributed by atoms with van der Waals surface area (Å²) in [4.78, 5) is 16.6. The Bertz CT molecular complexity index is 3310. The predicted octanol–water partition coefficient (Wildman–Crippen LogP) is 14.1. The van der Waals surface area contributed by atoms with Crippen molar-refractivity contribution >= 4 is 0 Å². The number of ether oxygens (including phenoxy) is 1. The second-order valence-corrected chi connectivity index (χ2v) is 21.0. The maximum Gasteiger partial charge on any atom is 0.163 e. The Balaban J connectivity index is 0.874. The van der Waals surface area contributed by atoms with Crippen molar-refractivity contribution in [3.8, 4) is 67.7 Å². The zero-order chi connectivity index (χ0) is 42.2. The van der Waals surface area contributed by atoms with Crippen LogP contribution in [0.5, 0.6) is 11.5 Å². The van der Waals surface area contributed by atoms with E-state index in [0.717, 1.165) is 69.0 Å². The van der Waals surface area contributed by atoms with E-state index in [4.69, 9.17) is 19.7 Å². The van der Waals surface area contributed by atoms with Crippen LogP contribution in [0.4, 0.5) is 0 Å². The van der Waals surface area contributed by atoms with Crippen LogP contribution < -0.4 is 4.74 Å². The van der Waals surface area contributed by atoms with E-state index >= 15 is 0 Å². The summed E-state index contributed by atoms with van der Waals surface area (Å²) in [6, 6.07) is 58.0. The van der Waals surface area contributed by atoms with Crippen LogP contribution in [-0.4, -0.2) is 15.0 Å². The minimum Gasteiger partial charge on any atom is -0.457 e. The quantitative estimate of drug-likeness (QED) is 0.177. The van der Waals surface area contributed by atoms with Crippen LogP contribution in [-0.2, 0) is 16.2 Å². The van der Waals surface area contributed by atoms with Crippen molar-refractivity contribution in [1.29, 1.82) is 0 Å². The molecule has 0 radical (unpaired) electrons. The van der Waals surface area contributed by atoms with Gasteiger partial charge in [-0.05, 0) is 142 Å². The molecule has 308 valence electrons. The topological polar surface area (TPSA) is 47.9 Å². The number of benzene rings is 7. The Morgan fingerprint density at radius 3 is 1.84 bits per heavy atom. The second kappa shape index (κ2) is 12.1. The summed E-state index contributed by atoms with van der Waals surface area (Å²) in [5.74, 6) is 6.91. The Hall–Kier alpha value is -6.65. The van der Waals surface area contributed by atoms with Gasteiger partial charge in [-0.2, -0.15) is 0 Å². The molecule has 2 spiro atoms. The Morgan fingerprint density at radius 2 is 1.06 bits per heavy atom. The van der Waals surface area contributed by atoms with Crippen molar-refractivity contribution in [1.82, 2.24) is 15.0 Å². The number of para-hydroxylation sites is 1. The van der Waals surface area contributed by atoms with Crippen molar-refractivity contribution in [2.75, 3.05) is 0 Å². The zero-order valence-corrected chi connectivity index (χ0v) is 36.2. The summed E-state index contributed by atoms with van der Waals surface area (Å²) in [5, 5.41) is 0. The molecule has 2 heterocycles. The van der Waals surface area contributed by atoms with E-state index in [-0.39, 0.29) is 10.8 Å². The third-order valence-corrected chi connectivity index (χ3v) is 17.7. The van der Waals surface area contributed by atoms with Gasteiger partial charge < -0.3 is 4.74 Å². The molecule has 0 N–H and O–H groups in total. The first-order chi connectivity index (χ1) is 31.3. The molecule has 5 atom stereocenters. The standard InChI is InChI=1S/C60H47N3O/c1-57(2)46-17-6-3-14-42(46)45-24-22-39(28-51(45)57)55-61-54(62-56(63-55)58-31-35-26-40-30-41(33-58)59(40,32-35)34-58)38-13-11-12-36(27-38)37-23-25-50-53(29-37)64-52-21-10-9-20-49(52)60(50)47-18-7-4-15-43(47)44-16-5-8-19-48(44)60/h3-25,27-29,35,40-41H,26,30-34H2,1-2H3/t35-,40-,41?,58?,59?/m0/s1. The van der Waals surface area contributed by atoms with Gasteiger partial charge in [0.25, 0.3) is 0 Å². The lowest BCUT2D eigenvalue weighted by Crippen LogP contribution is -2.42. The molecule has 1 aliphatic heterocycles. The Kier molecular flexibility index (Phi) is 6.77. The molecule has 15 rings (SSSR count). The lowest BCUT2D eigenvalue weighted by molar-refractivity contribution is -0.000324. The minimum atomic E-state index is -0.484. The number of nitrogens with zero attached hydrogens (tertiary/aromatic N) is 3. The molecular formula is C60H47N3O. The number of fused-ring (bicyclic) bond motifs is 14. The minimum absolute atomic E-state index is 0.0225. The predicted molar refractivity (Wildman–Crippen MR) is 253 cm³/mol. The number of hydrogen-bond donors (Lipinski definition) is 0. The average molecular weight is 826 g/mol. The van der Waals surface area contributed by atoms with Crippen LogP contribution in [0, 0.1) is 23.2 Å². The van der Waals surface area contributed by atoms with Gasteiger partial charge in [0, 0.05) is 33.1 Å². The summed E-state index contributed by atoms with van der Waals surface area (Å²) in [5.41, 5.74) is 17.2. The highest BCUT2D eigenvalue weighted by Gasteiger charge is 2.72. The van der Waals surface area contributed by atoms with E-state index in [1.807, 2.05) is 0 Å². The zero-order valence-electron chi connectivity index (χ0n) is 36.2. The molecular weight excluding hydrogens is 779 g/mol. The molecule has 0 amide bonds. The highest BCUT2D eigenvalue weighted by Crippen LogP contribution is 2.78. The van der Waals surface area contributed by atoms with E-state index in [0.29, 0.717) is 5.41 Å². The van der Waals surface area contributed by atoms with E-state index in [2.05, 4.69) is 172 Å². The number of rotatable bonds is 4. The third-order valence-electron chi connectivity index (χ3n) is 17.7. The number of hydrogen-bond acceptors (Lipinski definition) is 4. The summed E-state index contributed by atoms with van der Waals surface area (Å²) in [7, 11) is 0. The van der Waals surface area contributed by atoms with Crippen LogP contribution in [0.25, 0.3) is 56.2 Å².